The summed E-state index contributed by atoms with van der Waals surface area (Å²) in [5.74, 6) is 0.790. The fourth-order valence-electron chi connectivity index (χ4n) is 2.45. The monoisotopic (exact) mass is 459 g/mol. The van der Waals surface area contributed by atoms with Gasteiger partial charge < -0.3 is 9.47 Å². The molecule has 1 N–H and O–H groups in total. The molecular weight excluding hydrogens is 439 g/mol. The minimum Gasteiger partial charge on any atom is -0.490 e. The molecule has 0 bridgehead atoms. The predicted molar refractivity (Wildman–Crippen MR) is 112 cm³/mol. The van der Waals surface area contributed by atoms with Crippen LogP contribution in [-0.2, 0) is 6.18 Å². The van der Waals surface area contributed by atoms with Crippen molar-refractivity contribution in [3.63, 3.8) is 0 Å². The summed E-state index contributed by atoms with van der Waals surface area (Å²) in [6.07, 6.45) is -2.71. The van der Waals surface area contributed by atoms with Crippen molar-refractivity contribution in [2.45, 2.75) is 39.5 Å². The maximum Gasteiger partial charge on any atom is 0.416 e. The number of anilines is 1. The number of hydrogen-bond donors (Lipinski definition) is 1. The van der Waals surface area contributed by atoms with Crippen molar-refractivity contribution >= 4 is 29.2 Å². The Kier molecular flexibility index (Phi) is 8.09. The van der Waals surface area contributed by atoms with Gasteiger partial charge >= 0.3 is 6.18 Å². The van der Waals surface area contributed by atoms with E-state index in [0.29, 0.717) is 29.7 Å². The van der Waals surface area contributed by atoms with Crippen molar-refractivity contribution in [1.29, 1.82) is 0 Å². The van der Waals surface area contributed by atoms with Gasteiger partial charge in [0.2, 0.25) is 0 Å². The molecule has 168 valence electrons. The Morgan fingerprint density at radius 2 is 2.00 bits per heavy atom. The van der Waals surface area contributed by atoms with E-state index in [-0.39, 0.29) is 16.8 Å². The number of ether oxygens (including phenoxy) is 2. The van der Waals surface area contributed by atoms with E-state index in [4.69, 9.17) is 21.1 Å². The van der Waals surface area contributed by atoms with Crippen LogP contribution in [-0.4, -0.2) is 23.8 Å². The molecule has 11 heteroatoms. The van der Waals surface area contributed by atoms with Gasteiger partial charge in [0.1, 0.15) is 5.69 Å². The zero-order valence-electron chi connectivity index (χ0n) is 17.0. The van der Waals surface area contributed by atoms with Crippen LogP contribution >= 0.6 is 11.6 Å². The summed E-state index contributed by atoms with van der Waals surface area (Å²) in [5, 5.41) is 15.3. The van der Waals surface area contributed by atoms with Crippen molar-refractivity contribution in [3.05, 3.63) is 56.6 Å². The molecule has 31 heavy (non-hydrogen) atoms. The molecule has 0 spiro atoms. The van der Waals surface area contributed by atoms with E-state index in [1.165, 1.54) is 6.21 Å². The van der Waals surface area contributed by atoms with E-state index in [1.807, 2.05) is 13.8 Å². The molecule has 1 atom stereocenters. The fraction of sp³-hybridized carbons (Fsp3) is 0.350. The Balaban J connectivity index is 2.29. The van der Waals surface area contributed by atoms with Crippen LogP contribution < -0.4 is 14.9 Å². The second-order valence-electron chi connectivity index (χ2n) is 6.46. The number of nitro groups is 1. The lowest BCUT2D eigenvalue weighted by Crippen LogP contribution is -2.11. The van der Waals surface area contributed by atoms with Crippen LogP contribution in [0.4, 0.5) is 24.5 Å². The van der Waals surface area contributed by atoms with Crippen LogP contribution in [0, 0.1) is 10.1 Å². The molecule has 0 unspecified atom stereocenters. The molecule has 0 amide bonds. The topological polar surface area (TPSA) is 86.0 Å². The molecule has 0 fully saturated rings. The molecule has 0 saturated heterocycles. The van der Waals surface area contributed by atoms with Gasteiger partial charge in [-0.15, -0.1) is 0 Å². The lowest BCUT2D eigenvalue weighted by Gasteiger charge is -2.18. The number of rotatable bonds is 9. The first kappa shape index (κ1) is 24.3. The van der Waals surface area contributed by atoms with E-state index in [2.05, 4.69) is 10.5 Å². The van der Waals surface area contributed by atoms with Gasteiger partial charge in [-0.05, 0) is 50.1 Å². The van der Waals surface area contributed by atoms with Crippen molar-refractivity contribution in [2.24, 2.45) is 5.10 Å². The first-order valence-corrected chi connectivity index (χ1v) is 9.72. The summed E-state index contributed by atoms with van der Waals surface area (Å²) in [5.41, 5.74) is 0.815. The Bertz CT molecular complexity index is 967. The van der Waals surface area contributed by atoms with Crippen molar-refractivity contribution in [1.82, 2.24) is 0 Å². The first-order chi connectivity index (χ1) is 14.6. The maximum absolute atomic E-state index is 12.8. The molecule has 2 aromatic carbocycles. The Morgan fingerprint density at radius 1 is 1.29 bits per heavy atom. The third-order valence-electron chi connectivity index (χ3n) is 4.15. The lowest BCUT2D eigenvalue weighted by molar-refractivity contribution is -0.384. The maximum atomic E-state index is 12.8. The number of nitrogens with one attached hydrogen (secondary N) is 1. The normalized spacial score (nSPS) is 12.6. The summed E-state index contributed by atoms with van der Waals surface area (Å²) in [6.45, 7) is 6.02. The van der Waals surface area contributed by atoms with Gasteiger partial charge in [-0.1, -0.05) is 18.5 Å². The number of nitrogens with zero attached hydrogens (tertiary/aromatic N) is 2. The molecule has 0 aliphatic rings. The van der Waals surface area contributed by atoms with E-state index >= 15 is 0 Å². The Labute approximate surface area is 182 Å². The third kappa shape index (κ3) is 6.48. The standard InChI is InChI=1S/C20H21ClF3N3O4/c1-4-12(3)31-19-15(21)8-13(9-18(19)30-5-2)11-25-26-16-7-6-14(20(22,23)24)10-17(16)27(28)29/h6-12,26H,4-5H2,1-3H3/b25-11-/t12-/m0/s1. The average molecular weight is 460 g/mol. The molecule has 7 nitrogen and oxygen atoms in total. The number of alkyl halides is 3. The molecule has 0 saturated carbocycles. The fourth-order valence-corrected chi connectivity index (χ4v) is 2.72. The number of hydrogen-bond acceptors (Lipinski definition) is 6. The number of hydrazone groups is 1. The SMILES string of the molecule is CCOc1cc(/C=N\Nc2ccc(C(F)(F)F)cc2[N+](=O)[O-])cc(Cl)c1O[C@@H](C)CC. The van der Waals surface area contributed by atoms with Gasteiger partial charge in [0, 0.05) is 6.07 Å². The molecule has 0 heterocycles. The lowest BCUT2D eigenvalue weighted by atomic mass is 10.1. The van der Waals surface area contributed by atoms with Gasteiger partial charge in [0.25, 0.3) is 5.69 Å². The van der Waals surface area contributed by atoms with Crippen LogP contribution in [0.5, 0.6) is 11.5 Å². The number of benzene rings is 2. The second-order valence-corrected chi connectivity index (χ2v) is 6.86. The van der Waals surface area contributed by atoms with Crippen molar-refractivity contribution in [3.8, 4) is 11.5 Å². The number of halogens is 4. The van der Waals surface area contributed by atoms with Gasteiger partial charge in [-0.25, -0.2) is 0 Å². The zero-order valence-corrected chi connectivity index (χ0v) is 17.8. The molecule has 0 aromatic heterocycles. The molecular formula is C20H21ClF3N3O4. The van der Waals surface area contributed by atoms with Crippen LogP contribution in [0.25, 0.3) is 0 Å². The highest BCUT2D eigenvalue weighted by Crippen LogP contribution is 2.38. The summed E-state index contributed by atoms with van der Waals surface area (Å²) in [7, 11) is 0. The van der Waals surface area contributed by atoms with Gasteiger partial charge in [0.15, 0.2) is 11.5 Å². The molecule has 0 radical (unpaired) electrons. The highest BCUT2D eigenvalue weighted by atomic mass is 35.5. The van der Waals surface area contributed by atoms with Gasteiger partial charge in [0.05, 0.1) is 34.4 Å². The van der Waals surface area contributed by atoms with Gasteiger partial charge in [-0.3, -0.25) is 15.5 Å². The third-order valence-corrected chi connectivity index (χ3v) is 4.43. The van der Waals surface area contributed by atoms with E-state index in [0.717, 1.165) is 18.6 Å². The van der Waals surface area contributed by atoms with Crippen molar-refractivity contribution in [2.75, 3.05) is 12.0 Å². The summed E-state index contributed by atoms with van der Waals surface area (Å²) in [4.78, 5) is 10.2. The first-order valence-electron chi connectivity index (χ1n) is 9.34. The van der Waals surface area contributed by atoms with Crippen molar-refractivity contribution < 1.29 is 27.6 Å². The smallest absolute Gasteiger partial charge is 0.416 e. The second kappa shape index (κ2) is 10.3. The quantitative estimate of drug-likeness (QED) is 0.270. The predicted octanol–water partition coefficient (Wildman–Crippen LogP) is 6.29. The van der Waals surface area contributed by atoms with Crippen LogP contribution in [0.2, 0.25) is 5.02 Å². The molecule has 2 rings (SSSR count). The summed E-state index contributed by atoms with van der Waals surface area (Å²) < 4.78 is 49.8. The average Bonchev–Trinajstić information content (AvgIpc) is 2.69. The van der Waals surface area contributed by atoms with Crippen LogP contribution in [0.1, 0.15) is 38.3 Å². The van der Waals surface area contributed by atoms with E-state index in [9.17, 15) is 23.3 Å². The van der Waals surface area contributed by atoms with E-state index in [1.54, 1.807) is 19.1 Å². The zero-order chi connectivity index (χ0) is 23.2. The molecule has 0 aliphatic carbocycles. The highest BCUT2D eigenvalue weighted by Gasteiger charge is 2.33. The summed E-state index contributed by atoms with van der Waals surface area (Å²) >= 11 is 6.31. The van der Waals surface area contributed by atoms with Gasteiger partial charge in [-0.2, -0.15) is 18.3 Å². The Hall–Kier alpha value is -3.01. The van der Waals surface area contributed by atoms with Crippen LogP contribution in [0.3, 0.4) is 0 Å². The number of nitro benzene ring substituents is 1. The Morgan fingerprint density at radius 3 is 2.58 bits per heavy atom. The molecule has 0 aliphatic heterocycles. The van der Waals surface area contributed by atoms with Crippen LogP contribution in [0.15, 0.2) is 35.4 Å². The molecule has 2 aromatic rings. The minimum absolute atomic E-state index is 0.0851. The largest absolute Gasteiger partial charge is 0.490 e. The minimum atomic E-state index is -4.70. The van der Waals surface area contributed by atoms with E-state index < -0.39 is 22.4 Å². The summed E-state index contributed by atoms with van der Waals surface area (Å²) in [6, 6.07) is 5.31. The highest BCUT2D eigenvalue weighted by molar-refractivity contribution is 6.32.